The van der Waals surface area contributed by atoms with Crippen LogP contribution in [0.25, 0.3) is 10.9 Å². The Hall–Kier alpha value is -3.03. The number of benzene rings is 1. The zero-order valence-corrected chi connectivity index (χ0v) is 17.2. The van der Waals surface area contributed by atoms with Gasteiger partial charge in [0.15, 0.2) is 0 Å². The van der Waals surface area contributed by atoms with Crippen LogP contribution in [0.3, 0.4) is 0 Å². The van der Waals surface area contributed by atoms with Gasteiger partial charge in [-0.2, -0.15) is 0 Å². The summed E-state index contributed by atoms with van der Waals surface area (Å²) in [6, 6.07) is 11.1. The first-order valence-corrected chi connectivity index (χ1v) is 10.2. The molecule has 0 saturated carbocycles. The number of nitrogens with zero attached hydrogens (tertiary/aromatic N) is 4. The summed E-state index contributed by atoms with van der Waals surface area (Å²) in [4.78, 5) is 25.2. The molecular formula is C23H27N5O2. The third-order valence-corrected chi connectivity index (χ3v) is 5.73. The van der Waals surface area contributed by atoms with Gasteiger partial charge in [0, 0.05) is 61.9 Å². The Bertz CT molecular complexity index is 1030. The van der Waals surface area contributed by atoms with Crippen LogP contribution in [0.1, 0.15) is 28.8 Å². The maximum absolute atomic E-state index is 12.8. The number of piperidine rings is 1. The van der Waals surface area contributed by atoms with E-state index in [1.165, 1.54) is 0 Å². The molecule has 7 heteroatoms. The van der Waals surface area contributed by atoms with E-state index in [1.54, 1.807) is 36.5 Å². The highest BCUT2D eigenvalue weighted by Gasteiger charge is 2.36. The summed E-state index contributed by atoms with van der Waals surface area (Å²) in [5.74, 6) is -0.109. The van der Waals surface area contributed by atoms with Gasteiger partial charge in [0.2, 0.25) is 0 Å². The maximum Gasteiger partial charge on any atom is 0.253 e. The van der Waals surface area contributed by atoms with Gasteiger partial charge in [0.05, 0.1) is 17.7 Å². The van der Waals surface area contributed by atoms with E-state index in [1.807, 2.05) is 30.5 Å². The summed E-state index contributed by atoms with van der Waals surface area (Å²) in [6.45, 7) is 2.00. The molecule has 3 aromatic rings. The number of anilines is 1. The average Bonchev–Trinajstić information content (AvgIpc) is 2.78. The number of β-amino-alcohol motifs (C(OH)–C–C–N with tert-alkyl or cyclic N) is 1. The Morgan fingerprint density at radius 2 is 2.03 bits per heavy atom. The predicted octanol–water partition coefficient (Wildman–Crippen LogP) is 2.19. The van der Waals surface area contributed by atoms with E-state index >= 15 is 0 Å². The fourth-order valence-corrected chi connectivity index (χ4v) is 4.21. The van der Waals surface area contributed by atoms with Gasteiger partial charge in [-0.3, -0.25) is 14.8 Å². The molecule has 2 aromatic heterocycles. The molecule has 1 aliphatic rings. The number of pyridine rings is 2. The van der Waals surface area contributed by atoms with E-state index < -0.39 is 5.60 Å². The van der Waals surface area contributed by atoms with Gasteiger partial charge in [-0.05, 0) is 42.7 Å². The highest BCUT2D eigenvalue weighted by Crippen LogP contribution is 2.31. The SMILES string of the molecule is CN(C[C@]1(O)CCCN(c2ccnc3ccncc23)C1)C(=O)c1ccc(CN)cc1. The average molecular weight is 406 g/mol. The van der Waals surface area contributed by atoms with Crippen LogP contribution < -0.4 is 10.6 Å². The minimum Gasteiger partial charge on any atom is -0.386 e. The first-order valence-electron chi connectivity index (χ1n) is 10.2. The van der Waals surface area contributed by atoms with Gasteiger partial charge >= 0.3 is 0 Å². The Morgan fingerprint density at radius 1 is 1.23 bits per heavy atom. The van der Waals surface area contributed by atoms with E-state index in [4.69, 9.17) is 5.73 Å². The monoisotopic (exact) mass is 405 g/mol. The van der Waals surface area contributed by atoms with Gasteiger partial charge in [-0.1, -0.05) is 12.1 Å². The summed E-state index contributed by atoms with van der Waals surface area (Å²) < 4.78 is 0. The Kier molecular flexibility index (Phi) is 5.65. The fraction of sp³-hybridized carbons (Fsp3) is 0.348. The summed E-state index contributed by atoms with van der Waals surface area (Å²) in [5, 5.41) is 12.3. The van der Waals surface area contributed by atoms with Crippen molar-refractivity contribution in [3.63, 3.8) is 0 Å². The van der Waals surface area contributed by atoms with Crippen molar-refractivity contribution in [3.05, 3.63) is 66.1 Å². The van der Waals surface area contributed by atoms with Crippen LogP contribution in [0.15, 0.2) is 55.0 Å². The summed E-state index contributed by atoms with van der Waals surface area (Å²) in [5.41, 5.74) is 8.11. The van der Waals surface area contributed by atoms with Crippen LogP contribution in [0.5, 0.6) is 0 Å². The second kappa shape index (κ2) is 8.38. The summed E-state index contributed by atoms with van der Waals surface area (Å²) in [7, 11) is 1.74. The normalized spacial score (nSPS) is 19.1. The molecule has 30 heavy (non-hydrogen) atoms. The number of likely N-dealkylation sites (N-methyl/N-ethyl adjacent to an activating group) is 1. The van der Waals surface area contributed by atoms with Crippen molar-refractivity contribution < 1.29 is 9.90 Å². The number of aromatic nitrogens is 2. The molecule has 3 N–H and O–H groups in total. The van der Waals surface area contributed by atoms with Crippen LogP contribution in [-0.2, 0) is 6.54 Å². The molecular weight excluding hydrogens is 378 g/mol. The number of amides is 1. The minimum atomic E-state index is -0.988. The van der Waals surface area contributed by atoms with Crippen molar-refractivity contribution in [2.75, 3.05) is 31.6 Å². The Labute approximate surface area is 176 Å². The molecule has 0 unspecified atom stereocenters. The topological polar surface area (TPSA) is 95.6 Å². The molecule has 1 atom stereocenters. The smallest absolute Gasteiger partial charge is 0.253 e. The highest BCUT2D eigenvalue weighted by molar-refractivity contribution is 5.94. The molecule has 0 radical (unpaired) electrons. The van der Waals surface area contributed by atoms with Crippen LogP contribution >= 0.6 is 0 Å². The lowest BCUT2D eigenvalue weighted by atomic mass is 9.91. The Balaban J connectivity index is 1.50. The molecule has 3 heterocycles. The van der Waals surface area contributed by atoms with E-state index in [2.05, 4.69) is 14.9 Å². The number of aliphatic hydroxyl groups is 1. The number of hydrogen-bond acceptors (Lipinski definition) is 6. The molecule has 1 fully saturated rings. The van der Waals surface area contributed by atoms with Crippen LogP contribution in [0.2, 0.25) is 0 Å². The second-order valence-electron chi connectivity index (χ2n) is 8.03. The quantitative estimate of drug-likeness (QED) is 0.676. The van der Waals surface area contributed by atoms with E-state index in [-0.39, 0.29) is 12.5 Å². The lowest BCUT2D eigenvalue weighted by Gasteiger charge is -2.42. The molecule has 156 valence electrons. The third kappa shape index (κ3) is 4.13. The fourth-order valence-electron chi connectivity index (χ4n) is 4.21. The zero-order valence-electron chi connectivity index (χ0n) is 17.2. The van der Waals surface area contributed by atoms with Crippen LogP contribution in [-0.4, -0.2) is 58.2 Å². The molecule has 1 aromatic carbocycles. The van der Waals surface area contributed by atoms with Crippen molar-refractivity contribution in [3.8, 4) is 0 Å². The first kappa shape index (κ1) is 20.3. The Morgan fingerprint density at radius 3 is 2.80 bits per heavy atom. The van der Waals surface area contributed by atoms with Gasteiger partial charge in [-0.25, -0.2) is 0 Å². The maximum atomic E-state index is 12.8. The molecule has 0 aliphatic carbocycles. The lowest BCUT2D eigenvalue weighted by Crippen LogP contribution is -2.54. The second-order valence-corrected chi connectivity index (χ2v) is 8.03. The van der Waals surface area contributed by atoms with Crippen LogP contribution in [0.4, 0.5) is 5.69 Å². The minimum absolute atomic E-state index is 0.109. The summed E-state index contributed by atoms with van der Waals surface area (Å²) in [6.07, 6.45) is 6.81. The van der Waals surface area contributed by atoms with Gasteiger partial charge < -0.3 is 20.6 Å². The lowest BCUT2D eigenvalue weighted by molar-refractivity contribution is 0.0000677. The molecule has 1 aliphatic heterocycles. The number of carbonyl (C=O) groups excluding carboxylic acids is 1. The molecule has 4 rings (SSSR count). The molecule has 7 nitrogen and oxygen atoms in total. The van der Waals surface area contributed by atoms with Crippen molar-refractivity contribution >= 4 is 22.5 Å². The number of hydrogen-bond donors (Lipinski definition) is 2. The van der Waals surface area contributed by atoms with E-state index in [0.717, 1.165) is 35.1 Å². The summed E-state index contributed by atoms with van der Waals surface area (Å²) >= 11 is 0. The van der Waals surface area contributed by atoms with E-state index in [9.17, 15) is 9.90 Å². The zero-order chi connectivity index (χ0) is 21.1. The van der Waals surface area contributed by atoms with Crippen LogP contribution in [0, 0.1) is 0 Å². The first-order chi connectivity index (χ1) is 14.5. The van der Waals surface area contributed by atoms with Crippen molar-refractivity contribution in [2.24, 2.45) is 5.73 Å². The van der Waals surface area contributed by atoms with Gasteiger partial charge in [-0.15, -0.1) is 0 Å². The number of rotatable bonds is 5. The van der Waals surface area contributed by atoms with E-state index in [0.29, 0.717) is 25.1 Å². The van der Waals surface area contributed by atoms with Crippen molar-refractivity contribution in [1.29, 1.82) is 0 Å². The largest absolute Gasteiger partial charge is 0.386 e. The van der Waals surface area contributed by atoms with Crippen molar-refractivity contribution in [1.82, 2.24) is 14.9 Å². The highest BCUT2D eigenvalue weighted by atomic mass is 16.3. The van der Waals surface area contributed by atoms with Gasteiger partial charge in [0.25, 0.3) is 5.91 Å². The number of fused-ring (bicyclic) bond motifs is 1. The standard InChI is InChI=1S/C23H27N5O2/c1-27(22(29)18-5-3-17(13-24)4-6-18)15-23(30)9-2-12-28(16-23)21-8-11-26-20-7-10-25-14-19(20)21/h3-8,10-11,14,30H,2,9,12-13,15-16,24H2,1H3/t23-/m1/s1. The molecule has 1 amide bonds. The molecule has 0 spiro atoms. The number of carbonyl (C=O) groups is 1. The van der Waals surface area contributed by atoms with Crippen molar-refractivity contribution in [2.45, 2.75) is 25.0 Å². The van der Waals surface area contributed by atoms with Gasteiger partial charge in [0.1, 0.15) is 0 Å². The number of nitrogens with two attached hydrogens (primary N) is 1. The third-order valence-electron chi connectivity index (χ3n) is 5.73. The predicted molar refractivity (Wildman–Crippen MR) is 117 cm³/mol. The molecule has 0 bridgehead atoms. The molecule has 1 saturated heterocycles.